The van der Waals surface area contributed by atoms with E-state index in [2.05, 4.69) is 21.2 Å². The number of rotatable bonds is 7. The molecule has 0 aromatic heterocycles. The monoisotopic (exact) mass is 401 g/mol. The molecule has 1 amide bonds. The van der Waals surface area contributed by atoms with E-state index >= 15 is 0 Å². The van der Waals surface area contributed by atoms with Gasteiger partial charge in [0.25, 0.3) is 0 Å². The normalized spacial score (nSPS) is 12.2. The second-order valence-corrected chi connectivity index (χ2v) is 6.92. The fourth-order valence-corrected chi connectivity index (χ4v) is 2.62. The first kappa shape index (κ1) is 20.3. The van der Waals surface area contributed by atoms with E-state index in [1.54, 1.807) is 32.9 Å². The first-order valence-corrected chi connectivity index (χ1v) is 8.44. The van der Waals surface area contributed by atoms with E-state index in [1.807, 2.05) is 6.92 Å². The minimum absolute atomic E-state index is 0.114. The van der Waals surface area contributed by atoms with Crippen molar-refractivity contribution in [2.75, 3.05) is 13.7 Å². The highest BCUT2D eigenvalue weighted by Crippen LogP contribution is 2.38. The lowest BCUT2D eigenvalue weighted by atomic mass is 10.0. The van der Waals surface area contributed by atoms with Crippen LogP contribution in [0.3, 0.4) is 0 Å². The number of aldehydes is 1. The Kier molecular flexibility index (Phi) is 7.54. The summed E-state index contributed by atoms with van der Waals surface area (Å²) < 4.78 is 16.8. The van der Waals surface area contributed by atoms with Gasteiger partial charge in [-0.25, -0.2) is 4.79 Å². The predicted molar refractivity (Wildman–Crippen MR) is 94.7 cm³/mol. The molecule has 0 aliphatic heterocycles. The summed E-state index contributed by atoms with van der Waals surface area (Å²) in [5.41, 5.74) is 0.0903. The van der Waals surface area contributed by atoms with Crippen molar-refractivity contribution in [2.45, 2.75) is 45.8 Å². The van der Waals surface area contributed by atoms with Gasteiger partial charge in [0.2, 0.25) is 0 Å². The summed E-state index contributed by atoms with van der Waals surface area (Å²) >= 11 is 3.44. The van der Waals surface area contributed by atoms with Crippen LogP contribution in [0.2, 0.25) is 0 Å². The molecule has 7 heteroatoms. The molecule has 0 radical (unpaired) electrons. The second kappa shape index (κ2) is 8.92. The average molecular weight is 402 g/mol. The zero-order valence-corrected chi connectivity index (χ0v) is 16.2. The van der Waals surface area contributed by atoms with E-state index in [9.17, 15) is 9.59 Å². The molecule has 134 valence electrons. The molecule has 1 aromatic carbocycles. The molecular weight excluding hydrogens is 378 g/mol. The zero-order chi connectivity index (χ0) is 18.3. The molecular formula is C17H24BrNO5. The molecule has 1 atom stereocenters. The van der Waals surface area contributed by atoms with E-state index in [4.69, 9.17) is 14.2 Å². The first-order chi connectivity index (χ1) is 11.2. The number of hydrogen-bond donors (Lipinski definition) is 1. The van der Waals surface area contributed by atoms with Gasteiger partial charge in [0.05, 0.1) is 24.2 Å². The summed E-state index contributed by atoms with van der Waals surface area (Å²) in [7, 11) is 1.53. The Hall–Kier alpha value is -1.76. The van der Waals surface area contributed by atoms with Crippen molar-refractivity contribution < 1.29 is 23.8 Å². The molecule has 1 aromatic rings. The summed E-state index contributed by atoms with van der Waals surface area (Å²) in [6.07, 6.45) is 0.278. The standard InChI is InChI=1S/C17H24BrNO5/c1-6-23-15-12(18)9-11(10-14(15)22-5)13(7-8-20)19-16(21)24-17(2,3)4/h8-10,13H,6-7H2,1-5H3,(H,19,21)/t13-/m0/s1. The number of halogens is 1. The predicted octanol–water partition coefficient (Wildman–Crippen LogP) is 4.01. The van der Waals surface area contributed by atoms with Gasteiger partial charge in [0.15, 0.2) is 11.5 Å². The first-order valence-electron chi connectivity index (χ1n) is 7.65. The average Bonchev–Trinajstić information content (AvgIpc) is 2.46. The van der Waals surface area contributed by atoms with Crippen LogP contribution in [0, 0.1) is 0 Å². The molecule has 0 saturated carbocycles. The maximum atomic E-state index is 12.0. The molecule has 1 rings (SSSR count). The van der Waals surface area contributed by atoms with Crippen molar-refractivity contribution in [3.8, 4) is 11.5 Å². The van der Waals surface area contributed by atoms with Crippen molar-refractivity contribution in [1.29, 1.82) is 0 Å². The highest BCUT2D eigenvalue weighted by molar-refractivity contribution is 9.10. The summed E-state index contributed by atoms with van der Waals surface area (Å²) in [5, 5.41) is 2.71. The van der Waals surface area contributed by atoms with Crippen LogP contribution in [0.25, 0.3) is 0 Å². The number of benzene rings is 1. The van der Waals surface area contributed by atoms with Gasteiger partial charge in [0.1, 0.15) is 11.9 Å². The van der Waals surface area contributed by atoms with Crippen molar-refractivity contribution in [3.63, 3.8) is 0 Å². The Balaban J connectivity index is 3.09. The van der Waals surface area contributed by atoms with E-state index < -0.39 is 17.7 Å². The zero-order valence-electron chi connectivity index (χ0n) is 14.6. The molecule has 0 heterocycles. The molecule has 0 spiro atoms. The van der Waals surface area contributed by atoms with E-state index in [1.165, 1.54) is 7.11 Å². The lowest BCUT2D eigenvalue weighted by molar-refractivity contribution is -0.108. The van der Waals surface area contributed by atoms with Gasteiger partial charge in [-0.2, -0.15) is 0 Å². The number of methoxy groups -OCH3 is 1. The van der Waals surface area contributed by atoms with Crippen LogP contribution >= 0.6 is 15.9 Å². The molecule has 0 saturated heterocycles. The smallest absolute Gasteiger partial charge is 0.408 e. The van der Waals surface area contributed by atoms with Crippen LogP contribution in [0.4, 0.5) is 4.79 Å². The summed E-state index contributed by atoms with van der Waals surface area (Å²) in [4.78, 5) is 23.0. The number of carbonyl (C=O) groups excluding carboxylic acids is 2. The van der Waals surface area contributed by atoms with E-state index in [-0.39, 0.29) is 6.42 Å². The van der Waals surface area contributed by atoms with Gasteiger partial charge in [-0.05, 0) is 61.3 Å². The molecule has 1 N–H and O–H groups in total. The number of ether oxygens (including phenoxy) is 3. The fraction of sp³-hybridized carbons (Fsp3) is 0.529. The summed E-state index contributed by atoms with van der Waals surface area (Å²) in [5.74, 6) is 1.09. The SMILES string of the molecule is CCOc1c(Br)cc([C@H](CC=O)NC(=O)OC(C)(C)C)cc1OC. The Morgan fingerprint density at radius 3 is 2.54 bits per heavy atom. The van der Waals surface area contributed by atoms with Gasteiger partial charge in [-0.15, -0.1) is 0 Å². The van der Waals surface area contributed by atoms with Crippen LogP contribution < -0.4 is 14.8 Å². The Morgan fingerprint density at radius 1 is 1.38 bits per heavy atom. The second-order valence-electron chi connectivity index (χ2n) is 6.07. The number of hydrogen-bond acceptors (Lipinski definition) is 5. The van der Waals surface area contributed by atoms with Crippen LogP contribution in [-0.4, -0.2) is 31.7 Å². The van der Waals surface area contributed by atoms with Crippen LogP contribution in [0.5, 0.6) is 11.5 Å². The largest absolute Gasteiger partial charge is 0.493 e. The van der Waals surface area contributed by atoms with Crippen LogP contribution in [-0.2, 0) is 9.53 Å². The molecule has 0 fully saturated rings. The highest BCUT2D eigenvalue weighted by atomic mass is 79.9. The number of carbonyl (C=O) groups is 2. The number of nitrogens with one attached hydrogen (secondary N) is 1. The summed E-state index contributed by atoms with van der Waals surface area (Å²) in [6, 6.07) is 3.00. The lowest BCUT2D eigenvalue weighted by Gasteiger charge is -2.24. The maximum Gasteiger partial charge on any atom is 0.408 e. The number of amides is 1. The third-order valence-corrected chi connectivity index (χ3v) is 3.55. The molecule has 0 bridgehead atoms. The third-order valence-electron chi connectivity index (χ3n) is 2.97. The van der Waals surface area contributed by atoms with Crippen molar-refractivity contribution in [3.05, 3.63) is 22.2 Å². The van der Waals surface area contributed by atoms with Crippen LogP contribution in [0.1, 0.15) is 45.7 Å². The van der Waals surface area contributed by atoms with Gasteiger partial charge in [0, 0.05) is 6.42 Å². The lowest BCUT2D eigenvalue weighted by Crippen LogP contribution is -2.35. The molecule has 0 unspecified atom stereocenters. The molecule has 24 heavy (non-hydrogen) atoms. The molecule has 0 aliphatic carbocycles. The van der Waals surface area contributed by atoms with Gasteiger partial charge < -0.3 is 24.3 Å². The minimum Gasteiger partial charge on any atom is -0.493 e. The Bertz CT molecular complexity index is 583. The topological polar surface area (TPSA) is 73.9 Å². The fourth-order valence-electron chi connectivity index (χ4n) is 2.05. The van der Waals surface area contributed by atoms with Crippen molar-refractivity contribution in [2.24, 2.45) is 0 Å². The van der Waals surface area contributed by atoms with Gasteiger partial charge >= 0.3 is 6.09 Å². The quantitative estimate of drug-likeness (QED) is 0.698. The molecule has 6 nitrogen and oxygen atoms in total. The highest BCUT2D eigenvalue weighted by Gasteiger charge is 2.22. The Morgan fingerprint density at radius 2 is 2.04 bits per heavy atom. The van der Waals surface area contributed by atoms with Crippen molar-refractivity contribution >= 4 is 28.3 Å². The van der Waals surface area contributed by atoms with Crippen molar-refractivity contribution in [1.82, 2.24) is 5.32 Å². The van der Waals surface area contributed by atoms with Crippen LogP contribution in [0.15, 0.2) is 16.6 Å². The third kappa shape index (κ3) is 6.03. The Labute approximate surface area is 151 Å². The van der Waals surface area contributed by atoms with Gasteiger partial charge in [-0.3, -0.25) is 0 Å². The van der Waals surface area contributed by atoms with Gasteiger partial charge in [-0.1, -0.05) is 0 Å². The van der Waals surface area contributed by atoms with E-state index in [0.717, 1.165) is 6.29 Å². The molecule has 0 aliphatic rings. The number of alkyl carbamates (subject to hydrolysis) is 1. The summed E-state index contributed by atoms with van der Waals surface area (Å²) in [6.45, 7) is 7.69. The minimum atomic E-state index is -0.618. The maximum absolute atomic E-state index is 12.0. The van der Waals surface area contributed by atoms with E-state index in [0.29, 0.717) is 28.1 Å².